The molecule has 2 rings (SSSR count). The first-order chi connectivity index (χ1) is 9.70. The molecular weight excluding hydrogens is 260 g/mol. The maximum absolute atomic E-state index is 11.7. The monoisotopic (exact) mass is 282 g/mol. The van der Waals surface area contributed by atoms with Crippen molar-refractivity contribution in [2.24, 2.45) is 5.73 Å². The molecule has 1 aliphatic rings. The number of anilines is 1. The van der Waals surface area contributed by atoms with Crippen LogP contribution in [0.25, 0.3) is 0 Å². The minimum atomic E-state index is -0.572. The largest absolute Gasteiger partial charge is 0.348 e. The summed E-state index contributed by atoms with van der Waals surface area (Å²) in [6, 6.07) is 0. The van der Waals surface area contributed by atoms with Crippen LogP contribution in [0.15, 0.2) is 9.59 Å². The number of H-pyrrole nitrogens is 2. The van der Waals surface area contributed by atoms with Gasteiger partial charge in [0.05, 0.1) is 0 Å². The number of nitrogens with zero attached hydrogens (tertiary/aromatic N) is 3. The lowest BCUT2D eigenvalue weighted by atomic mass is 10.2. The number of rotatable bonds is 6. The lowest BCUT2D eigenvalue weighted by Gasteiger charge is -2.34. The van der Waals surface area contributed by atoms with E-state index in [2.05, 4.69) is 20.1 Å². The van der Waals surface area contributed by atoms with Crippen molar-refractivity contribution in [1.29, 1.82) is 0 Å². The molecule has 1 aromatic rings. The van der Waals surface area contributed by atoms with Crippen molar-refractivity contribution in [2.45, 2.75) is 19.3 Å². The predicted molar refractivity (Wildman–Crippen MR) is 77.0 cm³/mol. The van der Waals surface area contributed by atoms with Crippen LogP contribution in [0, 0.1) is 0 Å². The summed E-state index contributed by atoms with van der Waals surface area (Å²) >= 11 is 0. The lowest BCUT2D eigenvalue weighted by molar-refractivity contribution is 0.251. The van der Waals surface area contributed by atoms with Gasteiger partial charge in [0.15, 0.2) is 0 Å². The molecule has 1 aliphatic heterocycles. The first-order valence-corrected chi connectivity index (χ1v) is 7.07. The molecule has 1 aromatic heterocycles. The zero-order valence-corrected chi connectivity index (χ0v) is 11.6. The van der Waals surface area contributed by atoms with E-state index in [0.717, 1.165) is 58.5 Å². The molecule has 8 nitrogen and oxygen atoms in total. The Labute approximate surface area is 117 Å². The molecule has 0 radical (unpaired) electrons. The summed E-state index contributed by atoms with van der Waals surface area (Å²) in [4.78, 5) is 29.1. The number of hydrogen-bond donors (Lipinski definition) is 3. The third-order valence-corrected chi connectivity index (χ3v) is 3.54. The zero-order chi connectivity index (χ0) is 14.4. The average Bonchev–Trinajstić information content (AvgIpc) is 2.45. The van der Waals surface area contributed by atoms with E-state index in [1.54, 1.807) is 0 Å². The smallest absolute Gasteiger partial charge is 0.342 e. The first-order valence-electron chi connectivity index (χ1n) is 7.07. The van der Waals surface area contributed by atoms with Gasteiger partial charge in [0.1, 0.15) is 0 Å². The highest BCUT2D eigenvalue weighted by Crippen LogP contribution is 2.08. The normalized spacial score (nSPS) is 16.6. The Morgan fingerprint density at radius 3 is 2.50 bits per heavy atom. The summed E-state index contributed by atoms with van der Waals surface area (Å²) in [5.74, 6) is 0.299. The van der Waals surface area contributed by atoms with E-state index in [-0.39, 0.29) is 0 Å². The predicted octanol–water partition coefficient (Wildman–Crippen LogP) is -1.29. The fourth-order valence-electron chi connectivity index (χ4n) is 2.40. The van der Waals surface area contributed by atoms with Crippen molar-refractivity contribution in [2.75, 3.05) is 44.2 Å². The van der Waals surface area contributed by atoms with Gasteiger partial charge in [0, 0.05) is 26.2 Å². The molecule has 20 heavy (non-hydrogen) atoms. The summed E-state index contributed by atoms with van der Waals surface area (Å²) in [6.07, 6.45) is 3.41. The average molecular weight is 282 g/mol. The van der Waals surface area contributed by atoms with E-state index in [1.807, 2.05) is 4.90 Å². The Morgan fingerprint density at radius 1 is 1.10 bits per heavy atom. The number of aromatic nitrogens is 3. The van der Waals surface area contributed by atoms with E-state index in [4.69, 9.17) is 5.73 Å². The Kier molecular flexibility index (Phi) is 5.31. The Hall–Kier alpha value is -1.67. The Balaban J connectivity index is 1.82. The van der Waals surface area contributed by atoms with E-state index in [9.17, 15) is 9.59 Å². The molecular formula is C12H22N6O2. The first kappa shape index (κ1) is 14.7. The molecule has 0 bridgehead atoms. The molecule has 0 spiro atoms. The Bertz CT molecular complexity index is 517. The van der Waals surface area contributed by atoms with Crippen LogP contribution in [0.2, 0.25) is 0 Å². The molecule has 0 aliphatic carbocycles. The molecule has 2 heterocycles. The van der Waals surface area contributed by atoms with Gasteiger partial charge in [-0.05, 0) is 25.9 Å². The zero-order valence-electron chi connectivity index (χ0n) is 11.6. The van der Waals surface area contributed by atoms with Gasteiger partial charge in [-0.15, -0.1) is 5.10 Å². The number of aromatic amines is 2. The minimum absolute atomic E-state index is 0.299. The van der Waals surface area contributed by atoms with Gasteiger partial charge >= 0.3 is 5.69 Å². The van der Waals surface area contributed by atoms with Crippen molar-refractivity contribution in [3.05, 3.63) is 20.8 Å². The van der Waals surface area contributed by atoms with Crippen molar-refractivity contribution in [3.63, 3.8) is 0 Å². The molecule has 0 atom stereocenters. The lowest BCUT2D eigenvalue weighted by Crippen LogP contribution is -2.49. The summed E-state index contributed by atoms with van der Waals surface area (Å²) in [5, 5.41) is 6.09. The fraction of sp³-hybridized carbons (Fsp3) is 0.750. The third kappa shape index (κ3) is 3.91. The molecule has 1 saturated heterocycles. The molecule has 0 saturated carbocycles. The molecule has 0 unspecified atom stereocenters. The minimum Gasteiger partial charge on any atom is -0.348 e. The molecule has 8 heteroatoms. The molecule has 1 fully saturated rings. The highest BCUT2D eigenvalue weighted by Gasteiger charge is 2.19. The number of nitrogens with two attached hydrogens (primary N) is 1. The van der Waals surface area contributed by atoms with E-state index < -0.39 is 11.2 Å². The fourth-order valence-corrected chi connectivity index (χ4v) is 2.40. The molecule has 0 amide bonds. The van der Waals surface area contributed by atoms with Crippen LogP contribution < -0.4 is 21.9 Å². The van der Waals surface area contributed by atoms with Crippen molar-refractivity contribution < 1.29 is 0 Å². The van der Waals surface area contributed by atoms with E-state index in [0.29, 0.717) is 5.82 Å². The molecule has 4 N–H and O–H groups in total. The van der Waals surface area contributed by atoms with Gasteiger partial charge in [0.25, 0.3) is 5.56 Å². The topological polar surface area (TPSA) is 111 Å². The third-order valence-electron chi connectivity index (χ3n) is 3.54. The van der Waals surface area contributed by atoms with Gasteiger partial charge in [-0.25, -0.2) is 9.89 Å². The van der Waals surface area contributed by atoms with E-state index >= 15 is 0 Å². The van der Waals surface area contributed by atoms with Gasteiger partial charge in [0.2, 0.25) is 5.82 Å². The number of hydrogen-bond acceptors (Lipinski definition) is 6. The van der Waals surface area contributed by atoms with Crippen molar-refractivity contribution in [1.82, 2.24) is 20.1 Å². The van der Waals surface area contributed by atoms with Gasteiger partial charge in [-0.2, -0.15) is 0 Å². The molecule has 0 aromatic carbocycles. The number of nitrogens with one attached hydrogen (secondary N) is 2. The number of piperazine rings is 1. The summed E-state index contributed by atoms with van der Waals surface area (Å²) < 4.78 is 0. The summed E-state index contributed by atoms with van der Waals surface area (Å²) in [5.41, 5.74) is 4.47. The van der Waals surface area contributed by atoms with Crippen LogP contribution in [-0.4, -0.2) is 59.3 Å². The quantitative estimate of drug-likeness (QED) is 0.560. The Morgan fingerprint density at radius 2 is 1.85 bits per heavy atom. The van der Waals surface area contributed by atoms with Gasteiger partial charge in [-0.1, -0.05) is 6.42 Å². The summed E-state index contributed by atoms with van der Waals surface area (Å²) in [6.45, 7) is 5.14. The molecule has 112 valence electrons. The second kappa shape index (κ2) is 7.20. The van der Waals surface area contributed by atoms with Crippen LogP contribution in [0.1, 0.15) is 19.3 Å². The number of unbranched alkanes of at least 4 members (excludes halogenated alkanes) is 2. The SMILES string of the molecule is NCCCCCN1CCN(c2n[nH]c(=O)[nH]c2=O)CC1. The maximum atomic E-state index is 11.7. The van der Waals surface area contributed by atoms with Crippen LogP contribution in [0.5, 0.6) is 0 Å². The van der Waals surface area contributed by atoms with Crippen molar-refractivity contribution >= 4 is 5.82 Å². The second-order valence-electron chi connectivity index (χ2n) is 5.01. The standard InChI is InChI=1S/C12H22N6O2/c13-4-2-1-3-5-17-6-8-18(9-7-17)10-11(19)14-12(20)16-15-10/h1-9,13H2,(H2,14,16,19,20). The van der Waals surface area contributed by atoms with Crippen LogP contribution in [-0.2, 0) is 0 Å². The highest BCUT2D eigenvalue weighted by atomic mass is 16.2. The van der Waals surface area contributed by atoms with Gasteiger partial charge in [-0.3, -0.25) is 14.7 Å². The van der Waals surface area contributed by atoms with Gasteiger partial charge < -0.3 is 10.6 Å². The van der Waals surface area contributed by atoms with Crippen LogP contribution in [0.3, 0.4) is 0 Å². The van der Waals surface area contributed by atoms with Crippen LogP contribution >= 0.6 is 0 Å². The maximum Gasteiger partial charge on any atom is 0.342 e. The van der Waals surface area contributed by atoms with Crippen molar-refractivity contribution in [3.8, 4) is 0 Å². The second-order valence-corrected chi connectivity index (χ2v) is 5.01. The highest BCUT2D eigenvalue weighted by molar-refractivity contribution is 5.34. The summed E-state index contributed by atoms with van der Waals surface area (Å²) in [7, 11) is 0. The van der Waals surface area contributed by atoms with Crippen LogP contribution in [0.4, 0.5) is 5.82 Å². The van der Waals surface area contributed by atoms with E-state index in [1.165, 1.54) is 0 Å².